The van der Waals surface area contributed by atoms with Gasteiger partial charge < -0.3 is 13.9 Å². The summed E-state index contributed by atoms with van der Waals surface area (Å²) >= 11 is 0. The average Bonchev–Trinajstić information content (AvgIpc) is 3.84. The Morgan fingerprint density at radius 1 is 0.467 bits per heavy atom. The number of aromatic nitrogens is 3. The number of para-hydroxylation sites is 5. The van der Waals surface area contributed by atoms with Gasteiger partial charge in [-0.3, -0.25) is 4.98 Å². The zero-order chi connectivity index (χ0) is 39.3. The number of hydrogen-bond donors (Lipinski definition) is 0. The maximum absolute atomic E-state index is 6.44. The van der Waals surface area contributed by atoms with Crippen LogP contribution in [-0.4, -0.2) is 30.5 Å². The van der Waals surface area contributed by atoms with E-state index < -0.39 is 0 Å². The molecular weight excluding hydrogens is 733 g/mol. The lowest BCUT2D eigenvalue weighted by Gasteiger charge is -2.29. The number of hydrogen-bond acceptors (Lipinski definition) is 2. The SMILES string of the molecule is C1=C[N+](c2ccccc2)=C2C=C3C(=CC2O1)c1ncccc1-c1cc(-n2c4ccccc4c4ccccc42)ccc1-c1ccc(-n2c4ccccc4c4ccccc42)cc13. The zero-order valence-electron chi connectivity index (χ0n) is 32.4. The van der Waals surface area contributed by atoms with Crippen molar-refractivity contribution >= 4 is 66.2 Å². The number of pyridine rings is 1. The fourth-order valence-corrected chi connectivity index (χ4v) is 9.97. The lowest BCUT2D eigenvalue weighted by Crippen LogP contribution is -2.31. The van der Waals surface area contributed by atoms with Gasteiger partial charge in [0.25, 0.3) is 0 Å². The van der Waals surface area contributed by atoms with Crippen LogP contribution in [0.4, 0.5) is 5.69 Å². The van der Waals surface area contributed by atoms with Crippen LogP contribution < -0.4 is 0 Å². The van der Waals surface area contributed by atoms with E-state index in [0.717, 1.165) is 67.4 Å². The second-order valence-electron chi connectivity index (χ2n) is 15.7. The van der Waals surface area contributed by atoms with Crippen molar-refractivity contribution in [1.29, 1.82) is 0 Å². The Hall–Kier alpha value is -8.02. The topological polar surface area (TPSA) is 35.0 Å². The van der Waals surface area contributed by atoms with E-state index in [9.17, 15) is 0 Å². The molecule has 13 rings (SSSR count). The molecule has 3 aromatic heterocycles. The lowest BCUT2D eigenvalue weighted by molar-refractivity contribution is -0.370. The first-order chi connectivity index (χ1) is 29.8. The fourth-order valence-electron chi connectivity index (χ4n) is 9.97. The van der Waals surface area contributed by atoms with E-state index in [2.05, 4.69) is 202 Å². The Balaban J connectivity index is 1.13. The molecule has 1 aliphatic heterocycles. The van der Waals surface area contributed by atoms with Crippen LogP contribution in [0.2, 0.25) is 0 Å². The second-order valence-corrected chi connectivity index (χ2v) is 15.7. The largest absolute Gasteiger partial charge is 0.477 e. The molecule has 3 aliphatic rings. The standard InChI is InChI=1S/C55H35N4O/c1-2-13-35(14-3-1)57-29-30-60-54-34-48-47(33-53(54)57)46-32-37(59-51-22-10-6-17-42(51)43-18-7-11-23-52(43)59)25-27-39(46)38-26-24-36(31-45(38)44-19-12-28-56-55(44)48)58-49-20-8-4-15-40(49)41-16-5-9-21-50(41)58/h1-34,54H/q+1. The van der Waals surface area contributed by atoms with Gasteiger partial charge in [0.15, 0.2) is 0 Å². The van der Waals surface area contributed by atoms with Gasteiger partial charge in [-0.2, -0.15) is 4.58 Å². The summed E-state index contributed by atoms with van der Waals surface area (Å²) in [5.74, 6) is 0. The maximum Gasteiger partial charge on any atom is 0.233 e. The van der Waals surface area contributed by atoms with Crippen LogP contribution >= 0.6 is 0 Å². The van der Waals surface area contributed by atoms with Gasteiger partial charge in [-0.1, -0.05) is 109 Å². The number of ether oxygens (including phenoxy) is 1. The van der Waals surface area contributed by atoms with Crippen molar-refractivity contribution in [2.24, 2.45) is 0 Å². The second kappa shape index (κ2) is 12.7. The molecule has 0 fully saturated rings. The number of rotatable bonds is 3. The van der Waals surface area contributed by atoms with E-state index in [1.165, 1.54) is 43.6 Å². The molecule has 0 spiro atoms. The normalized spacial score (nSPS) is 15.4. The Morgan fingerprint density at radius 3 is 1.60 bits per heavy atom. The lowest BCUT2D eigenvalue weighted by atomic mass is 9.78. The minimum atomic E-state index is -0.310. The molecule has 4 heterocycles. The summed E-state index contributed by atoms with van der Waals surface area (Å²) in [6.45, 7) is 0. The molecule has 0 bridgehead atoms. The van der Waals surface area contributed by atoms with Gasteiger partial charge in [0.2, 0.25) is 23.7 Å². The minimum absolute atomic E-state index is 0.310. The molecule has 280 valence electrons. The van der Waals surface area contributed by atoms with Crippen LogP contribution in [0.15, 0.2) is 207 Å². The molecule has 0 N–H and O–H groups in total. The number of allylic oxidation sites excluding steroid dienone is 2. The third kappa shape index (κ3) is 4.74. The van der Waals surface area contributed by atoms with Gasteiger partial charge >= 0.3 is 0 Å². The Morgan fingerprint density at radius 2 is 1.00 bits per heavy atom. The number of fused-ring (bicyclic) bond motifs is 15. The van der Waals surface area contributed by atoms with Crippen molar-refractivity contribution in [1.82, 2.24) is 14.1 Å². The van der Waals surface area contributed by atoms with E-state index in [4.69, 9.17) is 9.72 Å². The van der Waals surface area contributed by atoms with E-state index in [-0.39, 0.29) is 6.10 Å². The molecule has 0 saturated heterocycles. The Labute approximate surface area is 346 Å². The summed E-state index contributed by atoms with van der Waals surface area (Å²) < 4.78 is 13.5. The minimum Gasteiger partial charge on any atom is -0.477 e. The Bertz CT molecular complexity index is 3470. The van der Waals surface area contributed by atoms with E-state index in [1.807, 2.05) is 12.4 Å². The fraction of sp³-hybridized carbons (Fsp3) is 0.0182. The summed E-state index contributed by atoms with van der Waals surface area (Å²) in [7, 11) is 0. The monoisotopic (exact) mass is 767 g/mol. The number of benzene rings is 7. The average molecular weight is 768 g/mol. The third-order valence-electron chi connectivity index (χ3n) is 12.6. The van der Waals surface area contributed by atoms with Gasteiger partial charge in [0.1, 0.15) is 6.26 Å². The van der Waals surface area contributed by atoms with Crippen LogP contribution in [0, 0.1) is 0 Å². The zero-order valence-corrected chi connectivity index (χ0v) is 32.4. The van der Waals surface area contributed by atoms with Gasteiger partial charge in [-0.05, 0) is 88.5 Å². The highest BCUT2D eigenvalue weighted by molar-refractivity contribution is 6.22. The van der Waals surface area contributed by atoms with E-state index in [1.54, 1.807) is 6.26 Å². The molecule has 1 atom stereocenters. The first-order valence-corrected chi connectivity index (χ1v) is 20.5. The van der Waals surface area contributed by atoms with Crippen LogP contribution in [0.25, 0.3) is 88.4 Å². The molecule has 5 nitrogen and oxygen atoms in total. The van der Waals surface area contributed by atoms with Crippen molar-refractivity contribution in [2.45, 2.75) is 6.10 Å². The molecule has 2 aliphatic carbocycles. The van der Waals surface area contributed by atoms with E-state index in [0.29, 0.717) is 0 Å². The maximum atomic E-state index is 6.44. The molecule has 5 heteroatoms. The quantitative estimate of drug-likeness (QED) is 0.168. The molecule has 0 amide bonds. The third-order valence-corrected chi connectivity index (χ3v) is 12.6. The van der Waals surface area contributed by atoms with Crippen LogP contribution in [0.3, 0.4) is 0 Å². The first kappa shape index (κ1) is 33.0. The van der Waals surface area contributed by atoms with Gasteiger partial charge in [0, 0.05) is 68.5 Å². The number of nitrogens with zero attached hydrogens (tertiary/aromatic N) is 4. The van der Waals surface area contributed by atoms with E-state index >= 15 is 0 Å². The molecule has 10 aromatic rings. The molecule has 0 radical (unpaired) electrons. The highest BCUT2D eigenvalue weighted by atomic mass is 16.5. The predicted octanol–water partition coefficient (Wildman–Crippen LogP) is 13.1. The van der Waals surface area contributed by atoms with Crippen molar-refractivity contribution in [3.8, 4) is 33.6 Å². The summed E-state index contributed by atoms with van der Waals surface area (Å²) in [6, 6.07) is 63.6. The van der Waals surface area contributed by atoms with Gasteiger partial charge in [0.05, 0.1) is 27.8 Å². The van der Waals surface area contributed by atoms with Crippen molar-refractivity contribution in [2.75, 3.05) is 0 Å². The summed E-state index contributed by atoms with van der Waals surface area (Å²) in [6.07, 6.45) is 10.0. The molecule has 0 saturated carbocycles. The van der Waals surface area contributed by atoms with Crippen LogP contribution in [0.5, 0.6) is 0 Å². The smallest absolute Gasteiger partial charge is 0.233 e. The van der Waals surface area contributed by atoms with Crippen molar-refractivity contribution in [3.05, 3.63) is 218 Å². The highest BCUT2D eigenvalue weighted by Crippen LogP contribution is 2.49. The molecule has 7 aromatic carbocycles. The predicted molar refractivity (Wildman–Crippen MR) is 245 cm³/mol. The van der Waals surface area contributed by atoms with Gasteiger partial charge in [-0.25, -0.2) is 0 Å². The summed E-state index contributed by atoms with van der Waals surface area (Å²) in [5, 5.41) is 4.96. The van der Waals surface area contributed by atoms with Crippen LogP contribution in [0.1, 0.15) is 11.3 Å². The Kier molecular flexibility index (Phi) is 7.01. The molecule has 60 heavy (non-hydrogen) atoms. The van der Waals surface area contributed by atoms with Gasteiger partial charge in [-0.15, -0.1) is 0 Å². The molecular formula is C55H35N4O+. The summed E-state index contributed by atoms with van der Waals surface area (Å²) in [5.41, 5.74) is 17.8. The molecule has 1 unspecified atom stereocenters. The van der Waals surface area contributed by atoms with Crippen molar-refractivity contribution in [3.63, 3.8) is 0 Å². The van der Waals surface area contributed by atoms with Crippen LogP contribution in [-0.2, 0) is 4.74 Å². The summed E-state index contributed by atoms with van der Waals surface area (Å²) in [4.78, 5) is 5.22. The van der Waals surface area contributed by atoms with Crippen molar-refractivity contribution < 1.29 is 9.31 Å². The first-order valence-electron chi connectivity index (χ1n) is 20.5. The highest BCUT2D eigenvalue weighted by Gasteiger charge is 2.36.